The van der Waals surface area contributed by atoms with E-state index in [1.807, 2.05) is 49.4 Å². The first kappa shape index (κ1) is 38.9. The highest BCUT2D eigenvalue weighted by Gasteiger charge is 2.48. The highest BCUT2D eigenvalue weighted by molar-refractivity contribution is 14.1. The number of hydrogen-bond donors (Lipinski definition) is 0. The number of anilines is 1. The van der Waals surface area contributed by atoms with Crippen LogP contribution in [0.1, 0.15) is 40.4 Å². The van der Waals surface area contributed by atoms with Crippen molar-refractivity contribution in [2.24, 2.45) is 0 Å². The van der Waals surface area contributed by atoms with Crippen molar-refractivity contribution in [1.29, 1.82) is 0 Å². The zero-order chi connectivity index (χ0) is 37.4. The number of carbonyl (C=O) groups excluding carboxylic acids is 6. The molecule has 0 saturated carbocycles. The summed E-state index contributed by atoms with van der Waals surface area (Å²) in [6.07, 6.45) is -6.85. The molecule has 16 heteroatoms. The van der Waals surface area contributed by atoms with Gasteiger partial charge in [0.05, 0.1) is 11.2 Å². The third-order valence-corrected chi connectivity index (χ3v) is 8.41. The van der Waals surface area contributed by atoms with E-state index in [1.54, 1.807) is 0 Å². The van der Waals surface area contributed by atoms with Crippen molar-refractivity contribution in [3.05, 3.63) is 51.9 Å². The number of hydrogen-bond acceptors (Lipinski definition) is 14. The van der Waals surface area contributed by atoms with E-state index in [4.69, 9.17) is 28.7 Å². The molecule has 0 radical (unpaired) electrons. The number of rotatable bonds is 12. The maximum Gasteiger partial charge on any atom is 0.303 e. The molecule has 4 atom stereocenters. The van der Waals surface area contributed by atoms with Gasteiger partial charge in [0.2, 0.25) is 6.10 Å². The van der Waals surface area contributed by atoms with Crippen LogP contribution in [0.4, 0.5) is 5.69 Å². The summed E-state index contributed by atoms with van der Waals surface area (Å²) in [6, 6.07) is 13.9. The molecule has 1 aromatic heterocycles. The first-order chi connectivity index (χ1) is 24.1. The van der Waals surface area contributed by atoms with Gasteiger partial charge < -0.3 is 33.5 Å². The Balaban J connectivity index is 1.61. The fraction of sp³-hybridized carbons (Fsp3) is 0.429. The summed E-state index contributed by atoms with van der Waals surface area (Å²) in [7, 11) is 0. The van der Waals surface area contributed by atoms with Crippen molar-refractivity contribution in [3.63, 3.8) is 0 Å². The Kier molecular flexibility index (Phi) is 13.3. The minimum absolute atomic E-state index is 0.181. The Bertz CT molecular complexity index is 1810. The summed E-state index contributed by atoms with van der Waals surface area (Å²) in [6.45, 7) is 7.68. The number of nitrogens with zero attached hydrogens (tertiary/aromatic N) is 4. The van der Waals surface area contributed by atoms with Gasteiger partial charge in [-0.1, -0.05) is 12.1 Å². The molecular formula is C35H39IN4O11. The Morgan fingerprint density at radius 1 is 0.745 bits per heavy atom. The van der Waals surface area contributed by atoms with Gasteiger partial charge in [-0.3, -0.25) is 28.8 Å². The molecule has 1 saturated heterocycles. The molecule has 0 bridgehead atoms. The second kappa shape index (κ2) is 17.4. The Hall–Kier alpha value is -4.87. The number of esters is 5. The SMILES string of the molecule is CC(=O)OC[C@@H](OC(C)=O)[C@@H](OC(C)=O)[C@H](OC(C)=O)[C@@H](OC(C)=O)C(=O)N1CCN(c2cccc(-c3nc(C)nc4ccc(I)cc34)c2)CC1. The highest BCUT2D eigenvalue weighted by atomic mass is 127. The molecule has 1 amide bonds. The topological polar surface area (TPSA) is 181 Å². The molecule has 0 unspecified atom stereocenters. The number of carbonyl (C=O) groups is 6. The van der Waals surface area contributed by atoms with E-state index in [9.17, 15) is 28.8 Å². The minimum atomic E-state index is -1.82. The van der Waals surface area contributed by atoms with E-state index in [-0.39, 0.29) is 13.1 Å². The maximum absolute atomic E-state index is 14.1. The first-order valence-electron chi connectivity index (χ1n) is 16.0. The summed E-state index contributed by atoms with van der Waals surface area (Å²) in [5.41, 5.74) is 3.44. The van der Waals surface area contributed by atoms with E-state index < -0.39 is 66.8 Å². The van der Waals surface area contributed by atoms with Gasteiger partial charge in [0.15, 0.2) is 18.3 Å². The molecule has 0 N–H and O–H groups in total. The quantitative estimate of drug-likeness (QED) is 0.148. The van der Waals surface area contributed by atoms with Crippen LogP contribution in [0.3, 0.4) is 0 Å². The monoisotopic (exact) mass is 818 g/mol. The molecule has 1 fully saturated rings. The van der Waals surface area contributed by atoms with Crippen molar-refractivity contribution in [2.45, 2.75) is 66.0 Å². The first-order valence-corrected chi connectivity index (χ1v) is 17.1. The number of amides is 1. The standard InChI is InChI=1S/C35H39IN4O11/c1-19-37-29-11-10-26(36)17-28(29)31(38-19)25-8-7-9-27(16-25)39-12-14-40(15-13-39)35(46)34(51-24(6)45)33(50-23(5)44)32(49-22(4)43)30(48-21(3)42)18-47-20(2)41/h7-11,16-17,30,32-34H,12-15,18H2,1-6H3/t30-,32-,33+,34-/m1/s1. The van der Waals surface area contributed by atoms with Crippen molar-refractivity contribution in [3.8, 4) is 11.3 Å². The molecule has 51 heavy (non-hydrogen) atoms. The van der Waals surface area contributed by atoms with Crippen LogP contribution in [0.2, 0.25) is 0 Å². The van der Waals surface area contributed by atoms with Gasteiger partial charge >= 0.3 is 29.8 Å². The van der Waals surface area contributed by atoms with Crippen LogP contribution in [0, 0.1) is 10.5 Å². The lowest BCUT2D eigenvalue weighted by atomic mass is 10.0. The van der Waals surface area contributed by atoms with Crippen LogP contribution in [0.15, 0.2) is 42.5 Å². The maximum atomic E-state index is 14.1. The van der Waals surface area contributed by atoms with Crippen LogP contribution in [0.5, 0.6) is 0 Å². The second-order valence-corrected chi connectivity index (χ2v) is 13.0. The van der Waals surface area contributed by atoms with Crippen molar-refractivity contribution >= 4 is 74.9 Å². The van der Waals surface area contributed by atoms with Crippen molar-refractivity contribution in [2.75, 3.05) is 37.7 Å². The number of benzene rings is 2. The van der Waals surface area contributed by atoms with Gasteiger partial charge in [0.1, 0.15) is 12.4 Å². The zero-order valence-corrected chi connectivity index (χ0v) is 31.2. The molecule has 1 aliphatic heterocycles. The number of halogens is 1. The third kappa shape index (κ3) is 10.6. The smallest absolute Gasteiger partial charge is 0.303 e. The molecule has 2 heterocycles. The summed E-state index contributed by atoms with van der Waals surface area (Å²) in [5.74, 6) is -4.40. The van der Waals surface area contributed by atoms with Crippen molar-refractivity contribution in [1.82, 2.24) is 14.9 Å². The van der Waals surface area contributed by atoms with E-state index in [2.05, 4.69) is 32.5 Å². The molecule has 15 nitrogen and oxygen atoms in total. The lowest BCUT2D eigenvalue weighted by Gasteiger charge is -2.40. The number of ether oxygens (including phenoxy) is 5. The fourth-order valence-electron chi connectivity index (χ4n) is 5.74. The molecule has 0 spiro atoms. The lowest BCUT2D eigenvalue weighted by molar-refractivity contribution is -0.205. The summed E-state index contributed by atoms with van der Waals surface area (Å²) >= 11 is 2.26. The van der Waals surface area contributed by atoms with Crippen LogP contribution < -0.4 is 4.90 Å². The molecule has 272 valence electrons. The summed E-state index contributed by atoms with van der Waals surface area (Å²) < 4.78 is 27.6. The lowest BCUT2D eigenvalue weighted by Crippen LogP contribution is -2.59. The molecule has 1 aliphatic rings. The number of fused-ring (bicyclic) bond motifs is 1. The third-order valence-electron chi connectivity index (χ3n) is 7.74. The number of piperazine rings is 1. The van der Waals surface area contributed by atoms with Gasteiger partial charge in [0, 0.05) is 81.0 Å². The largest absolute Gasteiger partial charge is 0.462 e. The summed E-state index contributed by atoms with van der Waals surface area (Å²) in [5, 5.41) is 0.926. The van der Waals surface area contributed by atoms with Gasteiger partial charge in [0.25, 0.3) is 5.91 Å². The highest BCUT2D eigenvalue weighted by Crippen LogP contribution is 2.31. The Labute approximate surface area is 308 Å². The molecule has 3 aromatic rings. The van der Waals surface area contributed by atoms with E-state index in [0.29, 0.717) is 18.9 Å². The Morgan fingerprint density at radius 3 is 1.98 bits per heavy atom. The van der Waals surface area contributed by atoms with Gasteiger partial charge in [-0.05, 0) is 59.8 Å². The molecule has 4 rings (SSSR count). The minimum Gasteiger partial charge on any atom is -0.462 e. The van der Waals surface area contributed by atoms with Crippen LogP contribution in [-0.4, -0.2) is 108 Å². The Morgan fingerprint density at radius 2 is 1.37 bits per heavy atom. The van der Waals surface area contributed by atoms with Crippen LogP contribution >= 0.6 is 22.6 Å². The predicted octanol–water partition coefficient (Wildman–Crippen LogP) is 3.15. The van der Waals surface area contributed by atoms with Gasteiger partial charge in [-0.15, -0.1) is 0 Å². The van der Waals surface area contributed by atoms with Crippen molar-refractivity contribution < 1.29 is 52.5 Å². The van der Waals surface area contributed by atoms with Crippen LogP contribution in [-0.2, 0) is 52.5 Å². The molecule has 0 aliphatic carbocycles. The molecular weight excluding hydrogens is 779 g/mol. The average molecular weight is 819 g/mol. The average Bonchev–Trinajstić information content (AvgIpc) is 3.06. The van der Waals surface area contributed by atoms with Gasteiger partial charge in [-0.25, -0.2) is 9.97 Å². The normalized spacial score (nSPS) is 15.2. The fourth-order valence-corrected chi connectivity index (χ4v) is 6.23. The predicted molar refractivity (Wildman–Crippen MR) is 190 cm³/mol. The van der Waals surface area contributed by atoms with Crippen LogP contribution in [0.25, 0.3) is 22.2 Å². The second-order valence-electron chi connectivity index (χ2n) is 11.8. The van der Waals surface area contributed by atoms with E-state index in [0.717, 1.165) is 66.0 Å². The zero-order valence-electron chi connectivity index (χ0n) is 29.0. The van der Waals surface area contributed by atoms with E-state index in [1.165, 1.54) is 4.90 Å². The number of aryl methyl sites for hydroxylation is 1. The van der Waals surface area contributed by atoms with Gasteiger partial charge in [-0.2, -0.15) is 0 Å². The molecule has 2 aromatic carbocycles. The van der Waals surface area contributed by atoms with E-state index >= 15 is 0 Å². The number of aromatic nitrogens is 2. The summed E-state index contributed by atoms with van der Waals surface area (Å²) in [4.78, 5) is 87.5.